The zero-order valence-electron chi connectivity index (χ0n) is 15.1. The highest BCUT2D eigenvalue weighted by atomic mass is 16.2. The van der Waals surface area contributed by atoms with Crippen LogP contribution in [0.2, 0.25) is 0 Å². The summed E-state index contributed by atoms with van der Waals surface area (Å²) < 4.78 is 1.77. The Morgan fingerprint density at radius 1 is 1.27 bits per heavy atom. The Morgan fingerprint density at radius 2 is 2.04 bits per heavy atom. The van der Waals surface area contributed by atoms with Gasteiger partial charge in [-0.1, -0.05) is 0 Å². The van der Waals surface area contributed by atoms with E-state index in [9.17, 15) is 9.59 Å². The first-order valence-corrected chi connectivity index (χ1v) is 8.98. The van der Waals surface area contributed by atoms with Crippen LogP contribution in [0.1, 0.15) is 46.8 Å². The first kappa shape index (κ1) is 16.8. The molecule has 0 aliphatic carbocycles. The smallest absolute Gasteiger partial charge is 0.255 e. The monoisotopic (exact) mass is 353 g/mol. The number of amides is 2. The van der Waals surface area contributed by atoms with Gasteiger partial charge in [0.15, 0.2) is 0 Å². The Labute approximate surface area is 152 Å². The van der Waals surface area contributed by atoms with E-state index >= 15 is 0 Å². The van der Waals surface area contributed by atoms with Gasteiger partial charge in [-0.05, 0) is 37.5 Å². The summed E-state index contributed by atoms with van der Waals surface area (Å²) in [5.74, 6) is 0.206. The zero-order chi connectivity index (χ0) is 18.3. The molecule has 2 amide bonds. The predicted molar refractivity (Wildman–Crippen MR) is 95.6 cm³/mol. The number of likely N-dealkylation sites (tertiary alicyclic amines) is 1. The molecular weight excluding hydrogens is 330 g/mol. The van der Waals surface area contributed by atoms with Crippen molar-refractivity contribution >= 4 is 11.8 Å². The molecule has 1 spiro atoms. The quantitative estimate of drug-likeness (QED) is 0.885. The second-order valence-electron chi connectivity index (χ2n) is 7.39. The summed E-state index contributed by atoms with van der Waals surface area (Å²) in [6, 6.07) is 3.68. The van der Waals surface area contributed by atoms with Crippen LogP contribution >= 0.6 is 0 Å². The van der Waals surface area contributed by atoms with Gasteiger partial charge in [-0.15, -0.1) is 0 Å². The fourth-order valence-corrected chi connectivity index (χ4v) is 4.21. The number of aromatic nitrogens is 3. The minimum atomic E-state index is -0.275. The summed E-state index contributed by atoms with van der Waals surface area (Å²) in [6.45, 7) is 3.16. The fraction of sp³-hybridized carbons (Fsp3) is 0.474. The number of hydrogen-bond acceptors (Lipinski definition) is 4. The molecule has 1 atom stereocenters. The van der Waals surface area contributed by atoms with Crippen LogP contribution in [0.25, 0.3) is 0 Å². The van der Waals surface area contributed by atoms with Gasteiger partial charge in [-0.25, -0.2) is 0 Å². The third kappa shape index (κ3) is 2.87. The topological polar surface area (TPSA) is 80.1 Å². The minimum absolute atomic E-state index is 0.00889. The molecule has 4 rings (SSSR count). The summed E-state index contributed by atoms with van der Waals surface area (Å²) in [5.41, 5.74) is 2.33. The molecule has 26 heavy (non-hydrogen) atoms. The van der Waals surface area contributed by atoms with Gasteiger partial charge in [0.25, 0.3) is 5.91 Å². The van der Waals surface area contributed by atoms with E-state index in [1.54, 1.807) is 10.9 Å². The van der Waals surface area contributed by atoms with Crippen molar-refractivity contribution in [1.29, 1.82) is 0 Å². The SMILES string of the molecule is Cc1ccc(C(=O)N2CCC3(CC2)NC(=O)CC3c2cnn(C)c2)cn1. The molecule has 4 heterocycles. The summed E-state index contributed by atoms with van der Waals surface area (Å²) >= 11 is 0. The maximum atomic E-state index is 12.7. The van der Waals surface area contributed by atoms with Gasteiger partial charge in [-0.3, -0.25) is 19.3 Å². The van der Waals surface area contributed by atoms with Gasteiger partial charge in [0, 0.05) is 50.6 Å². The van der Waals surface area contributed by atoms with E-state index in [-0.39, 0.29) is 23.3 Å². The number of nitrogens with zero attached hydrogens (tertiary/aromatic N) is 4. The van der Waals surface area contributed by atoms with Crippen molar-refractivity contribution in [2.45, 2.75) is 37.6 Å². The van der Waals surface area contributed by atoms with E-state index in [1.807, 2.05) is 43.4 Å². The van der Waals surface area contributed by atoms with Crippen LogP contribution in [0, 0.1) is 6.92 Å². The van der Waals surface area contributed by atoms with E-state index < -0.39 is 0 Å². The van der Waals surface area contributed by atoms with Crippen LogP contribution < -0.4 is 5.32 Å². The lowest BCUT2D eigenvalue weighted by molar-refractivity contribution is -0.120. The second kappa shape index (κ2) is 6.23. The van der Waals surface area contributed by atoms with Crippen LogP contribution in [0.15, 0.2) is 30.7 Å². The Bertz CT molecular complexity index is 834. The lowest BCUT2D eigenvalue weighted by atomic mass is 9.75. The number of carbonyl (C=O) groups is 2. The lowest BCUT2D eigenvalue weighted by Crippen LogP contribution is -2.54. The Hall–Kier alpha value is -2.70. The molecule has 2 saturated heterocycles. The van der Waals surface area contributed by atoms with Crippen molar-refractivity contribution in [3.8, 4) is 0 Å². The summed E-state index contributed by atoms with van der Waals surface area (Å²) in [5, 5.41) is 7.47. The van der Waals surface area contributed by atoms with Gasteiger partial charge in [-0.2, -0.15) is 5.10 Å². The molecule has 1 unspecified atom stereocenters. The first-order chi connectivity index (χ1) is 12.5. The number of pyridine rings is 1. The van der Waals surface area contributed by atoms with E-state index in [1.165, 1.54) is 0 Å². The number of hydrogen-bond donors (Lipinski definition) is 1. The normalized spacial score (nSPS) is 21.8. The molecule has 0 radical (unpaired) electrons. The molecule has 2 aliphatic rings. The lowest BCUT2D eigenvalue weighted by Gasteiger charge is -2.42. The highest BCUT2D eigenvalue weighted by Gasteiger charge is 2.49. The Kier molecular flexibility index (Phi) is 4.01. The fourth-order valence-electron chi connectivity index (χ4n) is 4.21. The maximum Gasteiger partial charge on any atom is 0.255 e. The van der Waals surface area contributed by atoms with Gasteiger partial charge in [0.05, 0.1) is 17.3 Å². The molecule has 0 saturated carbocycles. The third-order valence-electron chi connectivity index (χ3n) is 5.67. The average molecular weight is 353 g/mol. The molecule has 2 aromatic rings. The molecule has 136 valence electrons. The highest BCUT2D eigenvalue weighted by molar-refractivity contribution is 5.94. The van der Waals surface area contributed by atoms with E-state index in [2.05, 4.69) is 15.4 Å². The Balaban J connectivity index is 1.50. The summed E-state index contributed by atoms with van der Waals surface area (Å²) in [7, 11) is 1.89. The van der Waals surface area contributed by atoms with Gasteiger partial charge < -0.3 is 10.2 Å². The summed E-state index contributed by atoms with van der Waals surface area (Å²) in [4.78, 5) is 30.9. The van der Waals surface area contributed by atoms with Crippen molar-refractivity contribution < 1.29 is 9.59 Å². The molecule has 1 N–H and O–H groups in total. The van der Waals surface area contributed by atoms with Crippen molar-refractivity contribution in [3.05, 3.63) is 47.5 Å². The highest BCUT2D eigenvalue weighted by Crippen LogP contribution is 2.43. The number of nitrogens with one attached hydrogen (secondary N) is 1. The van der Waals surface area contributed by atoms with Crippen molar-refractivity contribution in [2.75, 3.05) is 13.1 Å². The van der Waals surface area contributed by atoms with E-state index in [0.717, 1.165) is 24.1 Å². The number of piperidine rings is 1. The van der Waals surface area contributed by atoms with Crippen LogP contribution in [0.3, 0.4) is 0 Å². The van der Waals surface area contributed by atoms with Crippen LogP contribution in [-0.2, 0) is 11.8 Å². The molecule has 2 fully saturated rings. The van der Waals surface area contributed by atoms with Crippen LogP contribution in [-0.4, -0.2) is 50.1 Å². The number of rotatable bonds is 2. The third-order valence-corrected chi connectivity index (χ3v) is 5.67. The number of aryl methyl sites for hydroxylation is 2. The van der Waals surface area contributed by atoms with Crippen molar-refractivity contribution in [1.82, 2.24) is 25.0 Å². The van der Waals surface area contributed by atoms with Gasteiger partial charge >= 0.3 is 0 Å². The molecule has 2 aliphatic heterocycles. The predicted octanol–water partition coefficient (Wildman–Crippen LogP) is 1.40. The van der Waals surface area contributed by atoms with Crippen molar-refractivity contribution in [2.24, 2.45) is 7.05 Å². The largest absolute Gasteiger partial charge is 0.350 e. The van der Waals surface area contributed by atoms with E-state index in [0.29, 0.717) is 25.1 Å². The maximum absolute atomic E-state index is 12.7. The van der Waals surface area contributed by atoms with Crippen LogP contribution in [0.5, 0.6) is 0 Å². The number of carbonyl (C=O) groups excluding carboxylic acids is 2. The zero-order valence-corrected chi connectivity index (χ0v) is 15.1. The summed E-state index contributed by atoms with van der Waals surface area (Å²) in [6.07, 6.45) is 7.47. The first-order valence-electron chi connectivity index (χ1n) is 8.98. The van der Waals surface area contributed by atoms with Crippen LogP contribution in [0.4, 0.5) is 0 Å². The molecule has 0 aromatic carbocycles. The Morgan fingerprint density at radius 3 is 2.65 bits per heavy atom. The molecule has 0 bridgehead atoms. The average Bonchev–Trinajstić information content (AvgIpc) is 3.19. The molecule has 7 heteroatoms. The standard InChI is InChI=1S/C19H23N5O2/c1-13-3-4-14(10-20-13)18(26)24-7-5-19(6-8-24)16(9-17(25)22-19)15-11-21-23(2)12-15/h3-4,10-12,16H,5-9H2,1-2H3,(H,22,25). The minimum Gasteiger partial charge on any atom is -0.350 e. The van der Waals surface area contributed by atoms with Gasteiger partial charge in [0.2, 0.25) is 5.91 Å². The van der Waals surface area contributed by atoms with E-state index in [4.69, 9.17) is 0 Å². The molecule has 2 aromatic heterocycles. The molecular formula is C19H23N5O2. The van der Waals surface area contributed by atoms with Crippen molar-refractivity contribution in [3.63, 3.8) is 0 Å². The van der Waals surface area contributed by atoms with Gasteiger partial charge in [0.1, 0.15) is 0 Å². The second-order valence-corrected chi connectivity index (χ2v) is 7.39. The molecule has 7 nitrogen and oxygen atoms in total.